The summed E-state index contributed by atoms with van der Waals surface area (Å²) in [6, 6.07) is 13.6. The van der Waals surface area contributed by atoms with Gasteiger partial charge >= 0.3 is 0 Å². The number of aromatic nitrogens is 2. The molecule has 1 aromatic heterocycles. The number of imidazole rings is 1. The summed E-state index contributed by atoms with van der Waals surface area (Å²) in [5.41, 5.74) is 3.86. The first kappa shape index (κ1) is 16.5. The fourth-order valence-electron chi connectivity index (χ4n) is 2.76. The van der Waals surface area contributed by atoms with Crippen LogP contribution in [-0.2, 0) is 13.2 Å². The Hall–Kier alpha value is -2.37. The summed E-state index contributed by atoms with van der Waals surface area (Å²) >= 11 is 0. The van der Waals surface area contributed by atoms with E-state index in [2.05, 4.69) is 4.98 Å². The summed E-state index contributed by atoms with van der Waals surface area (Å²) in [4.78, 5) is 4.39. The number of rotatable bonds is 6. The van der Waals surface area contributed by atoms with Crippen molar-refractivity contribution >= 4 is 11.0 Å². The maximum absolute atomic E-state index is 10.4. The average Bonchev–Trinajstić information content (AvgIpc) is 2.93. The normalized spacial score (nSPS) is 12.5. The van der Waals surface area contributed by atoms with Crippen LogP contribution in [0.25, 0.3) is 11.0 Å². The summed E-state index contributed by atoms with van der Waals surface area (Å²) in [6.07, 6.45) is -0.701. The molecule has 0 aliphatic heterocycles. The monoisotopic (exact) mass is 326 g/mol. The SMILES string of the molecule is Cc1ccc(C)c(OC[C@@H](O)Cn2c(CO)nc3ccccc32)c1. The lowest BCUT2D eigenvalue weighted by atomic mass is 10.1. The van der Waals surface area contributed by atoms with Gasteiger partial charge in [-0.3, -0.25) is 0 Å². The first-order chi connectivity index (χ1) is 11.6. The minimum atomic E-state index is -0.701. The highest BCUT2D eigenvalue weighted by Crippen LogP contribution is 2.20. The number of aryl methyl sites for hydroxylation is 2. The third-order valence-corrected chi connectivity index (χ3v) is 4.04. The van der Waals surface area contributed by atoms with Gasteiger partial charge in [0.1, 0.15) is 30.9 Å². The Labute approximate surface area is 141 Å². The lowest BCUT2D eigenvalue weighted by molar-refractivity contribution is 0.0911. The van der Waals surface area contributed by atoms with E-state index in [4.69, 9.17) is 4.74 Å². The highest BCUT2D eigenvalue weighted by molar-refractivity contribution is 5.75. The Bertz CT molecular complexity index is 842. The lowest BCUT2D eigenvalue weighted by Crippen LogP contribution is -2.24. The molecule has 2 N–H and O–H groups in total. The van der Waals surface area contributed by atoms with Crippen LogP contribution in [-0.4, -0.2) is 32.5 Å². The van der Waals surface area contributed by atoms with Crippen molar-refractivity contribution < 1.29 is 14.9 Å². The van der Waals surface area contributed by atoms with Gasteiger partial charge in [0.05, 0.1) is 17.6 Å². The molecule has 1 atom stereocenters. The zero-order chi connectivity index (χ0) is 17.1. The largest absolute Gasteiger partial charge is 0.491 e. The molecule has 126 valence electrons. The van der Waals surface area contributed by atoms with Gasteiger partial charge < -0.3 is 19.5 Å². The zero-order valence-corrected chi connectivity index (χ0v) is 13.9. The topological polar surface area (TPSA) is 67.5 Å². The Morgan fingerprint density at radius 3 is 2.75 bits per heavy atom. The first-order valence-corrected chi connectivity index (χ1v) is 8.01. The highest BCUT2D eigenvalue weighted by atomic mass is 16.5. The third-order valence-electron chi connectivity index (χ3n) is 4.04. The number of hydrogen-bond donors (Lipinski definition) is 2. The van der Waals surface area contributed by atoms with E-state index < -0.39 is 6.10 Å². The number of para-hydroxylation sites is 2. The molecule has 3 rings (SSSR count). The van der Waals surface area contributed by atoms with Gasteiger partial charge in [0.2, 0.25) is 0 Å². The van der Waals surface area contributed by atoms with E-state index in [1.54, 1.807) is 0 Å². The molecule has 0 aliphatic rings. The van der Waals surface area contributed by atoms with Gasteiger partial charge in [-0.15, -0.1) is 0 Å². The minimum Gasteiger partial charge on any atom is -0.491 e. The van der Waals surface area contributed by atoms with E-state index in [0.29, 0.717) is 12.4 Å². The summed E-state index contributed by atoms with van der Waals surface area (Å²) in [7, 11) is 0. The Morgan fingerprint density at radius 1 is 1.17 bits per heavy atom. The molecule has 0 fully saturated rings. The first-order valence-electron chi connectivity index (χ1n) is 8.01. The van der Waals surface area contributed by atoms with Crippen LogP contribution in [0.2, 0.25) is 0 Å². The molecule has 1 heterocycles. The molecular weight excluding hydrogens is 304 g/mol. The molecule has 3 aromatic rings. The predicted molar refractivity (Wildman–Crippen MR) is 93.1 cm³/mol. The van der Waals surface area contributed by atoms with Crippen molar-refractivity contribution in [2.45, 2.75) is 33.1 Å². The van der Waals surface area contributed by atoms with Gasteiger partial charge in [-0.05, 0) is 43.2 Å². The fraction of sp³-hybridized carbons (Fsp3) is 0.316. The Kier molecular flexibility index (Phi) is 4.83. The second-order valence-corrected chi connectivity index (χ2v) is 6.02. The molecule has 0 amide bonds. The number of aliphatic hydroxyl groups is 2. The number of benzene rings is 2. The number of aliphatic hydroxyl groups excluding tert-OH is 2. The van der Waals surface area contributed by atoms with Crippen LogP contribution in [0.5, 0.6) is 5.75 Å². The third kappa shape index (κ3) is 3.42. The zero-order valence-electron chi connectivity index (χ0n) is 13.9. The van der Waals surface area contributed by atoms with Crippen molar-refractivity contribution in [1.29, 1.82) is 0 Å². The van der Waals surface area contributed by atoms with E-state index in [1.807, 2.05) is 60.9 Å². The minimum absolute atomic E-state index is 0.167. The molecule has 0 saturated carbocycles. The van der Waals surface area contributed by atoms with Gasteiger partial charge in [0.25, 0.3) is 0 Å². The van der Waals surface area contributed by atoms with E-state index in [9.17, 15) is 10.2 Å². The molecular formula is C19H22N2O3. The van der Waals surface area contributed by atoms with Crippen molar-refractivity contribution in [2.24, 2.45) is 0 Å². The lowest BCUT2D eigenvalue weighted by Gasteiger charge is -2.16. The molecule has 24 heavy (non-hydrogen) atoms. The maximum atomic E-state index is 10.4. The molecule has 2 aromatic carbocycles. The van der Waals surface area contributed by atoms with Crippen molar-refractivity contribution in [3.8, 4) is 5.75 Å². The molecule has 0 unspecified atom stereocenters. The summed E-state index contributed by atoms with van der Waals surface area (Å²) in [5, 5.41) is 19.9. The Morgan fingerprint density at radius 2 is 1.96 bits per heavy atom. The van der Waals surface area contributed by atoms with Gasteiger partial charge in [0.15, 0.2) is 0 Å². The van der Waals surface area contributed by atoms with Crippen LogP contribution in [0.15, 0.2) is 42.5 Å². The van der Waals surface area contributed by atoms with E-state index in [1.165, 1.54) is 0 Å². The van der Waals surface area contributed by atoms with Crippen molar-refractivity contribution in [2.75, 3.05) is 6.61 Å². The van der Waals surface area contributed by atoms with E-state index >= 15 is 0 Å². The standard InChI is InChI=1S/C19H22N2O3/c1-13-7-8-14(2)18(9-13)24-12-15(23)10-21-17-6-4-3-5-16(17)20-19(21)11-22/h3-9,15,22-23H,10-12H2,1-2H3/t15-/m0/s1. The fourth-order valence-corrected chi connectivity index (χ4v) is 2.76. The molecule has 0 saturated heterocycles. The summed E-state index contributed by atoms with van der Waals surface area (Å²) in [5.74, 6) is 1.33. The average molecular weight is 326 g/mol. The smallest absolute Gasteiger partial charge is 0.135 e. The molecule has 0 spiro atoms. The van der Waals surface area contributed by atoms with E-state index in [-0.39, 0.29) is 13.2 Å². The predicted octanol–water partition coefficient (Wildman–Crippen LogP) is 2.59. The number of ether oxygens (including phenoxy) is 1. The maximum Gasteiger partial charge on any atom is 0.135 e. The van der Waals surface area contributed by atoms with Crippen LogP contribution < -0.4 is 4.74 Å². The number of fused-ring (bicyclic) bond motifs is 1. The van der Waals surface area contributed by atoms with E-state index in [0.717, 1.165) is 27.9 Å². The molecule has 5 heteroatoms. The molecule has 0 bridgehead atoms. The second kappa shape index (κ2) is 7.03. The van der Waals surface area contributed by atoms with Crippen molar-refractivity contribution in [1.82, 2.24) is 9.55 Å². The summed E-state index contributed by atoms with van der Waals surface area (Å²) < 4.78 is 7.61. The molecule has 0 aliphatic carbocycles. The van der Waals surface area contributed by atoms with Crippen LogP contribution in [0.4, 0.5) is 0 Å². The molecule has 5 nitrogen and oxygen atoms in total. The van der Waals surface area contributed by atoms with Gasteiger partial charge in [-0.2, -0.15) is 0 Å². The van der Waals surface area contributed by atoms with Gasteiger partial charge in [-0.1, -0.05) is 24.3 Å². The van der Waals surface area contributed by atoms with Gasteiger partial charge in [0, 0.05) is 0 Å². The van der Waals surface area contributed by atoms with Gasteiger partial charge in [-0.25, -0.2) is 4.98 Å². The van der Waals surface area contributed by atoms with Crippen molar-refractivity contribution in [3.05, 3.63) is 59.4 Å². The van der Waals surface area contributed by atoms with Crippen LogP contribution in [0.1, 0.15) is 17.0 Å². The molecule has 0 radical (unpaired) electrons. The van der Waals surface area contributed by atoms with Crippen LogP contribution in [0, 0.1) is 13.8 Å². The highest BCUT2D eigenvalue weighted by Gasteiger charge is 2.14. The van der Waals surface area contributed by atoms with Crippen LogP contribution >= 0.6 is 0 Å². The number of hydrogen-bond acceptors (Lipinski definition) is 4. The van der Waals surface area contributed by atoms with Crippen molar-refractivity contribution in [3.63, 3.8) is 0 Å². The summed E-state index contributed by atoms with van der Waals surface area (Å²) in [6.45, 7) is 4.32. The number of nitrogens with zero attached hydrogens (tertiary/aromatic N) is 2. The second-order valence-electron chi connectivity index (χ2n) is 6.02. The Balaban J connectivity index is 1.73. The van der Waals surface area contributed by atoms with Crippen LogP contribution in [0.3, 0.4) is 0 Å². The quantitative estimate of drug-likeness (QED) is 0.731.